The predicted molar refractivity (Wildman–Crippen MR) is 132 cm³/mol. The second kappa shape index (κ2) is 8.29. The van der Waals surface area contributed by atoms with Gasteiger partial charge in [0.2, 0.25) is 0 Å². The Bertz CT molecular complexity index is 1170. The minimum Gasteiger partial charge on any atom is -0.395 e. The molecule has 1 atom stereocenters. The molecule has 0 radical (unpaired) electrons. The van der Waals surface area contributed by atoms with Crippen LogP contribution >= 0.6 is 11.8 Å². The Hall–Kier alpha value is -2.64. The maximum atomic E-state index is 12.1. The number of thioether (sulfide) groups is 1. The summed E-state index contributed by atoms with van der Waals surface area (Å²) in [5.74, 6) is 3.02. The van der Waals surface area contributed by atoms with Gasteiger partial charge < -0.3 is 14.6 Å². The number of hydrogen-bond donors (Lipinski definition) is 1. The summed E-state index contributed by atoms with van der Waals surface area (Å²) in [5.41, 5.74) is 4.14. The van der Waals surface area contributed by atoms with E-state index in [0.29, 0.717) is 5.56 Å². The normalized spacial score (nSPS) is 21.2. The molecule has 3 aromatic rings. The molecule has 6 nitrogen and oxygen atoms in total. The number of rotatable bonds is 5. The fourth-order valence-corrected chi connectivity index (χ4v) is 5.83. The van der Waals surface area contributed by atoms with Crippen molar-refractivity contribution in [2.24, 2.45) is 0 Å². The van der Waals surface area contributed by atoms with E-state index in [1.807, 2.05) is 36.0 Å². The number of aliphatic hydroxyl groups excluding tert-OH is 1. The van der Waals surface area contributed by atoms with Crippen molar-refractivity contribution in [1.29, 1.82) is 0 Å². The molecule has 0 bridgehead atoms. The number of aromatic nitrogens is 3. The topological polar surface area (TPSA) is 71.2 Å². The highest BCUT2D eigenvalue weighted by Crippen LogP contribution is 2.53. The van der Waals surface area contributed by atoms with Crippen molar-refractivity contribution >= 4 is 17.7 Å². The van der Waals surface area contributed by atoms with Crippen molar-refractivity contribution in [2.75, 3.05) is 26.5 Å². The molecule has 1 aliphatic heterocycles. The second-order valence-electron chi connectivity index (χ2n) is 9.66. The number of carbonyl (C=O) groups is 1. The number of carbonyl (C=O) groups excluding carboxylic acids is 1. The van der Waals surface area contributed by atoms with E-state index in [9.17, 15) is 9.90 Å². The number of hydrogen-bond acceptors (Lipinski definition) is 5. The molecule has 1 aliphatic carbocycles. The summed E-state index contributed by atoms with van der Waals surface area (Å²) in [6.45, 7) is 3.14. The molecule has 1 amide bonds. The summed E-state index contributed by atoms with van der Waals surface area (Å²) in [7, 11) is 3.53. The molecule has 172 valence electrons. The third-order valence-corrected chi connectivity index (χ3v) is 8.30. The van der Waals surface area contributed by atoms with Gasteiger partial charge in [-0.1, -0.05) is 36.4 Å². The molecule has 1 fully saturated rings. The van der Waals surface area contributed by atoms with E-state index in [1.165, 1.54) is 5.56 Å². The van der Waals surface area contributed by atoms with Crippen LogP contribution in [-0.4, -0.2) is 61.9 Å². The molecule has 33 heavy (non-hydrogen) atoms. The molecule has 5 rings (SSSR count). The molecule has 2 aromatic carbocycles. The van der Waals surface area contributed by atoms with Gasteiger partial charge in [0.25, 0.3) is 5.91 Å². The standard InChI is InChI=1S/C26H30N4O2S/c1-25(17-31)16-22-27-28-24(30(22)14-15-33-25)26(12-13-26)21-10-8-19(9-11-21)18-4-6-20(7-5-18)23(32)29(2)3/h4-11,31H,12-17H2,1-3H3. The van der Waals surface area contributed by atoms with Gasteiger partial charge in [0.15, 0.2) is 0 Å². The predicted octanol–water partition coefficient (Wildman–Crippen LogP) is 3.77. The van der Waals surface area contributed by atoms with Crippen LogP contribution in [-0.2, 0) is 18.4 Å². The van der Waals surface area contributed by atoms with Crippen molar-refractivity contribution in [2.45, 2.75) is 42.9 Å². The summed E-state index contributed by atoms with van der Waals surface area (Å²) >= 11 is 1.82. The van der Waals surface area contributed by atoms with Crippen molar-refractivity contribution in [3.63, 3.8) is 0 Å². The molecule has 1 unspecified atom stereocenters. The lowest BCUT2D eigenvalue weighted by atomic mass is 9.92. The zero-order chi connectivity index (χ0) is 23.2. The number of fused-ring (bicyclic) bond motifs is 1. The van der Waals surface area contributed by atoms with Crippen LogP contribution < -0.4 is 0 Å². The van der Waals surface area contributed by atoms with Crippen LogP contribution in [0.2, 0.25) is 0 Å². The summed E-state index contributed by atoms with van der Waals surface area (Å²) < 4.78 is 2.11. The fourth-order valence-electron chi connectivity index (χ4n) is 4.74. The molecule has 0 saturated heterocycles. The Morgan fingerprint density at radius 2 is 1.70 bits per heavy atom. The Morgan fingerprint density at radius 3 is 2.27 bits per heavy atom. The lowest BCUT2D eigenvalue weighted by molar-refractivity contribution is 0.0827. The average Bonchev–Trinajstić information content (AvgIpc) is 3.58. The Labute approximate surface area is 199 Å². The molecule has 7 heteroatoms. The van der Waals surface area contributed by atoms with Crippen LogP contribution in [0.4, 0.5) is 0 Å². The van der Waals surface area contributed by atoms with Gasteiger partial charge >= 0.3 is 0 Å². The molecule has 1 aromatic heterocycles. The quantitative estimate of drug-likeness (QED) is 0.625. The summed E-state index contributed by atoms with van der Waals surface area (Å²) in [5, 5.41) is 19.1. The molecule has 2 aliphatic rings. The monoisotopic (exact) mass is 462 g/mol. The lowest BCUT2D eigenvalue weighted by Gasteiger charge is -2.23. The number of aliphatic hydroxyl groups is 1. The van der Waals surface area contributed by atoms with Crippen LogP contribution in [0.25, 0.3) is 11.1 Å². The third-order valence-electron chi connectivity index (χ3n) is 6.95. The fraction of sp³-hybridized carbons (Fsp3) is 0.423. The lowest BCUT2D eigenvalue weighted by Crippen LogP contribution is -2.28. The third kappa shape index (κ3) is 3.97. The van der Waals surface area contributed by atoms with E-state index in [-0.39, 0.29) is 22.7 Å². The summed E-state index contributed by atoms with van der Waals surface area (Å²) in [4.78, 5) is 13.7. The Kier molecular flexibility index (Phi) is 5.57. The van der Waals surface area contributed by atoms with Gasteiger partial charge in [-0.2, -0.15) is 11.8 Å². The van der Waals surface area contributed by atoms with E-state index >= 15 is 0 Å². The number of amides is 1. The average molecular weight is 463 g/mol. The first-order chi connectivity index (χ1) is 15.8. The summed E-state index contributed by atoms with van der Waals surface area (Å²) in [6, 6.07) is 16.5. The van der Waals surface area contributed by atoms with Crippen LogP contribution in [0, 0.1) is 0 Å². The highest BCUT2D eigenvalue weighted by Gasteiger charge is 2.50. The zero-order valence-electron chi connectivity index (χ0n) is 19.4. The minimum absolute atomic E-state index is 0.0118. The number of nitrogens with zero attached hydrogens (tertiary/aromatic N) is 4. The van der Waals surface area contributed by atoms with E-state index in [2.05, 4.69) is 46.0 Å². The van der Waals surface area contributed by atoms with Gasteiger partial charge in [0, 0.05) is 43.1 Å². The van der Waals surface area contributed by atoms with Crippen molar-refractivity contribution in [3.8, 4) is 11.1 Å². The van der Waals surface area contributed by atoms with E-state index in [4.69, 9.17) is 0 Å². The van der Waals surface area contributed by atoms with E-state index in [1.54, 1.807) is 19.0 Å². The van der Waals surface area contributed by atoms with Gasteiger partial charge in [-0.05, 0) is 48.6 Å². The van der Waals surface area contributed by atoms with Gasteiger partial charge in [-0.25, -0.2) is 0 Å². The van der Waals surface area contributed by atoms with Gasteiger partial charge in [0.1, 0.15) is 11.6 Å². The van der Waals surface area contributed by atoms with Crippen molar-refractivity contribution in [1.82, 2.24) is 19.7 Å². The van der Waals surface area contributed by atoms with Gasteiger partial charge in [-0.3, -0.25) is 4.79 Å². The second-order valence-corrected chi connectivity index (χ2v) is 11.3. The zero-order valence-corrected chi connectivity index (χ0v) is 20.2. The smallest absolute Gasteiger partial charge is 0.253 e. The first-order valence-electron chi connectivity index (χ1n) is 11.5. The molecular weight excluding hydrogens is 432 g/mol. The van der Waals surface area contributed by atoms with Crippen LogP contribution in [0.3, 0.4) is 0 Å². The molecule has 2 heterocycles. The van der Waals surface area contributed by atoms with Gasteiger partial charge in [0.05, 0.1) is 12.0 Å². The maximum Gasteiger partial charge on any atom is 0.253 e. The molecular formula is C26H30N4O2S. The van der Waals surface area contributed by atoms with Crippen LogP contribution in [0.15, 0.2) is 48.5 Å². The largest absolute Gasteiger partial charge is 0.395 e. The molecule has 1 saturated carbocycles. The van der Waals surface area contributed by atoms with Crippen molar-refractivity contribution in [3.05, 3.63) is 71.3 Å². The molecule has 1 N–H and O–H groups in total. The van der Waals surface area contributed by atoms with Crippen LogP contribution in [0.5, 0.6) is 0 Å². The highest BCUT2D eigenvalue weighted by molar-refractivity contribution is 8.00. The first-order valence-corrected chi connectivity index (χ1v) is 12.4. The van der Waals surface area contributed by atoms with E-state index < -0.39 is 0 Å². The highest BCUT2D eigenvalue weighted by atomic mass is 32.2. The molecule has 0 spiro atoms. The maximum absolute atomic E-state index is 12.1. The van der Waals surface area contributed by atoms with Crippen LogP contribution in [0.1, 0.15) is 47.3 Å². The Balaban J connectivity index is 1.40. The summed E-state index contributed by atoms with van der Waals surface area (Å²) in [6.07, 6.45) is 2.90. The van der Waals surface area contributed by atoms with Crippen molar-refractivity contribution < 1.29 is 9.90 Å². The van der Waals surface area contributed by atoms with E-state index in [0.717, 1.165) is 54.3 Å². The first kappa shape index (κ1) is 22.2. The van der Waals surface area contributed by atoms with Gasteiger partial charge in [-0.15, -0.1) is 10.2 Å². The minimum atomic E-state index is -0.191. The SMILES string of the molecule is CN(C)C(=O)c1ccc(-c2ccc(C3(c4nnc5n4CCSC(C)(CO)C5)CC3)cc2)cc1. The Morgan fingerprint density at radius 1 is 1.06 bits per heavy atom. The number of benzene rings is 2.